The Kier molecular flexibility index (Phi) is 9.87. The maximum Gasteiger partial charge on any atom is 0.311 e. The van der Waals surface area contributed by atoms with Crippen LogP contribution in [-0.4, -0.2) is 97.1 Å². The van der Waals surface area contributed by atoms with Gasteiger partial charge < -0.3 is 33.4 Å². The van der Waals surface area contributed by atoms with E-state index >= 15 is 0 Å². The van der Waals surface area contributed by atoms with E-state index in [1.165, 1.54) is 6.92 Å². The van der Waals surface area contributed by atoms with Crippen LogP contribution in [0.5, 0.6) is 28.7 Å². The lowest BCUT2D eigenvalue weighted by Crippen LogP contribution is -2.69. The van der Waals surface area contributed by atoms with Gasteiger partial charge in [-0.3, -0.25) is 29.5 Å². The van der Waals surface area contributed by atoms with Gasteiger partial charge in [-0.2, -0.15) is 5.26 Å². The van der Waals surface area contributed by atoms with E-state index in [0.717, 1.165) is 50.8 Å². The van der Waals surface area contributed by atoms with Crippen LogP contribution in [0.3, 0.4) is 0 Å². The second-order valence-corrected chi connectivity index (χ2v) is 18.1. The fraction of sp³-hybridized carbons (Fsp3) is 0.478. The van der Waals surface area contributed by atoms with Gasteiger partial charge in [0, 0.05) is 76.6 Å². The monoisotopic (exact) mass is 847 g/mol. The third-order valence-corrected chi connectivity index (χ3v) is 15.2. The van der Waals surface area contributed by atoms with E-state index < -0.39 is 40.9 Å². The molecule has 8 heterocycles. The first-order valence-electron chi connectivity index (χ1n) is 21.0. The zero-order valence-electron chi connectivity index (χ0n) is 35.1. The van der Waals surface area contributed by atoms with Gasteiger partial charge in [-0.15, -0.1) is 11.8 Å². The second kappa shape index (κ2) is 15.1. The number of nitrogens with one attached hydrogen (secondary N) is 2. The number of aromatic nitrogens is 1. The van der Waals surface area contributed by atoms with Gasteiger partial charge in [0.2, 0.25) is 6.79 Å². The van der Waals surface area contributed by atoms with E-state index in [9.17, 15) is 19.6 Å². The topological polar surface area (TPSA) is 165 Å². The number of aryl methyl sites for hydroxylation is 1. The number of piperazine rings is 1. The molecule has 7 aliphatic rings. The van der Waals surface area contributed by atoms with E-state index in [0.29, 0.717) is 59.3 Å². The first-order valence-corrected chi connectivity index (χ1v) is 22.1. The number of hydrogen-bond donors (Lipinski definition) is 2. The van der Waals surface area contributed by atoms with Crippen LogP contribution in [0.2, 0.25) is 0 Å². The van der Waals surface area contributed by atoms with Gasteiger partial charge in [-0.25, -0.2) is 0 Å². The maximum absolute atomic E-state index is 15.0. The molecule has 2 N–H and O–H groups in total. The summed E-state index contributed by atoms with van der Waals surface area (Å²) in [5.41, 5.74) is 6.35. The van der Waals surface area contributed by atoms with Crippen LogP contribution in [-0.2, 0) is 37.5 Å². The molecule has 0 radical (unpaired) electrons. The van der Waals surface area contributed by atoms with Crippen LogP contribution in [0.1, 0.15) is 88.7 Å². The summed E-state index contributed by atoms with van der Waals surface area (Å²) in [6.45, 7) is 7.48. The van der Waals surface area contributed by atoms with Crippen molar-refractivity contribution in [2.75, 3.05) is 46.5 Å². The highest BCUT2D eigenvalue weighted by Crippen LogP contribution is 2.64. The molecule has 0 amide bonds. The first-order chi connectivity index (χ1) is 29.5. The molecule has 7 aliphatic heterocycles. The van der Waals surface area contributed by atoms with Gasteiger partial charge >= 0.3 is 11.9 Å². The highest BCUT2D eigenvalue weighted by Gasteiger charge is 2.61. The van der Waals surface area contributed by atoms with Crippen molar-refractivity contribution >= 4 is 40.4 Å². The molecule has 11 rings (SSSR count). The average Bonchev–Trinajstić information content (AvgIpc) is 3.88. The highest BCUT2D eigenvalue weighted by atomic mass is 32.2. The molecule has 2 fully saturated rings. The summed E-state index contributed by atoms with van der Waals surface area (Å²) in [4.78, 5) is 49.8. The number of ketones is 1. The number of thioether (sulfide) groups is 1. The molecular weight excluding hydrogens is 799 g/mol. The van der Waals surface area contributed by atoms with Crippen LogP contribution in [0.25, 0.3) is 10.9 Å². The molecule has 3 aromatic carbocycles. The van der Waals surface area contributed by atoms with Gasteiger partial charge in [-0.1, -0.05) is 31.2 Å². The minimum absolute atomic E-state index is 0.0182. The summed E-state index contributed by atoms with van der Waals surface area (Å²) < 4.78 is 37.7. The number of hydrogen-bond acceptors (Lipinski definition) is 14. The minimum Gasteiger partial charge on any atom is -0.493 e. The fourth-order valence-electron chi connectivity index (χ4n) is 11.2. The number of carbonyl (C=O) groups excluding carboxylic acids is 3. The smallest absolute Gasteiger partial charge is 0.311 e. The Morgan fingerprint density at radius 3 is 2.66 bits per heavy atom. The normalized spacial score (nSPS) is 27.7. The van der Waals surface area contributed by atoms with Crippen LogP contribution in [0, 0.1) is 25.2 Å². The van der Waals surface area contributed by atoms with Gasteiger partial charge in [0.05, 0.1) is 37.1 Å². The van der Waals surface area contributed by atoms with Crippen LogP contribution >= 0.6 is 11.8 Å². The number of esters is 2. The second-order valence-electron chi connectivity index (χ2n) is 17.0. The van der Waals surface area contributed by atoms with E-state index in [-0.39, 0.29) is 50.0 Å². The first kappa shape index (κ1) is 40.0. The summed E-state index contributed by atoms with van der Waals surface area (Å²) in [7, 11) is 3.62. The van der Waals surface area contributed by atoms with Crippen molar-refractivity contribution in [2.24, 2.45) is 0 Å². The molecule has 61 heavy (non-hydrogen) atoms. The van der Waals surface area contributed by atoms with Gasteiger partial charge in [0.1, 0.15) is 23.9 Å². The van der Waals surface area contributed by atoms with Crippen LogP contribution in [0.4, 0.5) is 0 Å². The number of rotatable bonds is 5. The molecule has 2 saturated heterocycles. The summed E-state index contributed by atoms with van der Waals surface area (Å²) in [6, 6.07) is 10.4. The molecular formula is C46H49N5O9S. The van der Waals surface area contributed by atoms with Crippen molar-refractivity contribution in [3.8, 4) is 34.8 Å². The van der Waals surface area contributed by atoms with Crippen molar-refractivity contribution in [3.05, 3.63) is 75.0 Å². The fourth-order valence-corrected chi connectivity index (χ4v) is 13.0. The number of benzene rings is 3. The zero-order valence-corrected chi connectivity index (χ0v) is 36.0. The molecule has 318 valence electrons. The van der Waals surface area contributed by atoms with Crippen molar-refractivity contribution in [3.63, 3.8) is 0 Å². The van der Waals surface area contributed by atoms with Gasteiger partial charge in [0.15, 0.2) is 28.8 Å². The van der Waals surface area contributed by atoms with Gasteiger partial charge in [-0.05, 0) is 62.9 Å². The third kappa shape index (κ3) is 5.86. The molecule has 0 saturated carbocycles. The number of carbonyl (C=O) groups is 3. The highest BCUT2D eigenvalue weighted by molar-refractivity contribution is 7.99. The van der Waals surface area contributed by atoms with Crippen molar-refractivity contribution < 1.29 is 42.8 Å². The number of ether oxygens (including phenoxy) is 6. The molecule has 1 unspecified atom stereocenters. The lowest BCUT2D eigenvalue weighted by Gasteiger charge is -2.61. The van der Waals surface area contributed by atoms with Gasteiger partial charge in [0.25, 0.3) is 0 Å². The standard InChI is InChI=1S/C46H49N5O9S/c1-7-10-33(54)60-43-34-25(15-22(2)39(43)55-6)16-29-30(17-47)51-31-18-56-19-32(53)46(45-27(13-14-48-46)26-11-8-9-12-28(26)49-45)20-61-44(38(51)37(34)50(29)5)36-35(31)42-41(57-21-58-42)23(3)40(36)59-24(4)52/h8-9,11-12,15,29-31,37-38,44,48-49H,7,10,13-14,16,18-21H2,1-6H3/t29-,30+,31+,37+,38?,44-,46+/m1/s1. The summed E-state index contributed by atoms with van der Waals surface area (Å²) >= 11 is 1.58. The predicted octanol–water partition coefficient (Wildman–Crippen LogP) is 5.80. The zero-order chi connectivity index (χ0) is 42.5. The SMILES string of the molecule is CCCC(=O)Oc1c(OC)c(C)cc2c1[C@H]1C3[C@@H]4SC[C@]5(NCCc6c5[nH]c5ccccc65)C(=O)COC[C@@H](c5c6c(c(C)c(OC(C)=O)c54)OCO6)N3[C@@H](C#N)[C@@H](C2)N1C. The number of fused-ring (bicyclic) bond motifs is 12. The molecule has 0 aliphatic carbocycles. The predicted molar refractivity (Wildman–Crippen MR) is 225 cm³/mol. The number of Topliss-reactive ketones (excluding diaryl/α,β-unsaturated/α-hetero) is 1. The number of nitrogens with zero attached hydrogens (tertiary/aromatic N) is 3. The van der Waals surface area contributed by atoms with Crippen molar-refractivity contribution in [2.45, 2.75) is 94.4 Å². The van der Waals surface area contributed by atoms with Crippen molar-refractivity contribution in [1.82, 2.24) is 20.1 Å². The Morgan fingerprint density at radius 1 is 1.08 bits per heavy atom. The molecule has 7 atom stereocenters. The molecule has 15 heteroatoms. The van der Waals surface area contributed by atoms with E-state index in [4.69, 9.17) is 28.4 Å². The van der Waals surface area contributed by atoms with E-state index in [2.05, 4.69) is 38.3 Å². The average molecular weight is 848 g/mol. The lowest BCUT2D eigenvalue weighted by atomic mass is 9.71. The van der Waals surface area contributed by atoms with Crippen LogP contribution < -0.4 is 29.0 Å². The summed E-state index contributed by atoms with van der Waals surface area (Å²) in [5.74, 6) is 1.49. The number of likely N-dealkylation sites (N-methyl/N-ethyl adjacent to an activating group) is 1. The Labute approximate surface area is 358 Å². The molecule has 14 nitrogen and oxygen atoms in total. The maximum atomic E-state index is 15.0. The van der Waals surface area contributed by atoms with E-state index in [1.54, 1.807) is 18.9 Å². The lowest BCUT2D eigenvalue weighted by molar-refractivity contribution is -0.135. The molecule has 4 bridgehead atoms. The largest absolute Gasteiger partial charge is 0.493 e. The van der Waals surface area contributed by atoms with Crippen LogP contribution in [0.15, 0.2) is 30.3 Å². The molecule has 4 aromatic rings. The Bertz CT molecular complexity index is 2570. The number of H-pyrrole nitrogens is 1. The van der Waals surface area contributed by atoms with Crippen molar-refractivity contribution in [1.29, 1.82) is 5.26 Å². The Balaban J connectivity index is 1.26. The van der Waals surface area contributed by atoms with E-state index in [1.807, 2.05) is 46.0 Å². The number of para-hydroxylation sites is 1. The number of nitriles is 1. The number of aromatic amines is 1. The number of methoxy groups -OCH3 is 1. The summed E-state index contributed by atoms with van der Waals surface area (Å²) in [6.07, 6.45) is 2.08. The quantitative estimate of drug-likeness (QED) is 0.183. The molecule has 1 aromatic heterocycles. The Hall–Kier alpha value is -5.11. The third-order valence-electron chi connectivity index (χ3n) is 13.7. The Morgan fingerprint density at radius 2 is 1.89 bits per heavy atom. The summed E-state index contributed by atoms with van der Waals surface area (Å²) in [5, 5.41) is 15.6. The minimum atomic E-state index is -1.18. The molecule has 1 spiro atoms.